The molecule has 4 aliphatic heterocycles. The van der Waals surface area contributed by atoms with Gasteiger partial charge in [-0.25, -0.2) is 0 Å². The zero-order valence-electron chi connectivity index (χ0n) is 13.4. The van der Waals surface area contributed by atoms with Crippen molar-refractivity contribution in [2.45, 2.75) is 56.8 Å². The largest absolute Gasteiger partial charge is 0.481 e. The second-order valence-electron chi connectivity index (χ2n) is 7.58. The van der Waals surface area contributed by atoms with E-state index in [9.17, 15) is 14.7 Å². The lowest BCUT2D eigenvalue weighted by atomic mass is 9.80. The molecule has 23 heavy (non-hydrogen) atoms. The minimum absolute atomic E-state index is 0.0114. The lowest BCUT2D eigenvalue weighted by Gasteiger charge is -2.47. The Morgan fingerprint density at radius 1 is 1.00 bits per heavy atom. The number of likely N-dealkylation sites (tertiary alicyclic amines) is 1. The molecule has 0 aromatic carbocycles. The Labute approximate surface area is 136 Å². The van der Waals surface area contributed by atoms with Gasteiger partial charge in [0.05, 0.1) is 24.7 Å². The summed E-state index contributed by atoms with van der Waals surface area (Å²) in [6.45, 7) is 1.61. The number of carboxylic acid groups (broad SMARTS) is 1. The topological polar surface area (TPSA) is 76.1 Å². The second-order valence-corrected chi connectivity index (χ2v) is 7.58. The van der Waals surface area contributed by atoms with Crippen LogP contribution in [0.5, 0.6) is 0 Å². The number of rotatable bonds is 2. The molecule has 6 nitrogen and oxygen atoms in total. The van der Waals surface area contributed by atoms with Gasteiger partial charge in [-0.3, -0.25) is 9.59 Å². The maximum Gasteiger partial charge on any atom is 0.308 e. The van der Waals surface area contributed by atoms with E-state index in [4.69, 9.17) is 9.47 Å². The van der Waals surface area contributed by atoms with E-state index in [1.165, 1.54) is 0 Å². The van der Waals surface area contributed by atoms with Gasteiger partial charge in [-0.1, -0.05) is 0 Å². The number of carbonyl (C=O) groups excluding carboxylic acids is 1. The number of carboxylic acids is 1. The van der Waals surface area contributed by atoms with Gasteiger partial charge in [0, 0.05) is 31.0 Å². The summed E-state index contributed by atoms with van der Waals surface area (Å²) in [5.74, 6) is -0.915. The predicted molar refractivity (Wildman–Crippen MR) is 80.8 cm³/mol. The molecular weight excluding hydrogens is 298 g/mol. The number of hydrogen-bond acceptors (Lipinski definition) is 4. The van der Waals surface area contributed by atoms with Crippen molar-refractivity contribution < 1.29 is 24.2 Å². The molecule has 0 radical (unpaired) electrons. The van der Waals surface area contributed by atoms with Crippen LogP contribution in [-0.2, 0) is 19.1 Å². The lowest BCUT2D eigenvalue weighted by Crippen LogP contribution is -2.57. The van der Waals surface area contributed by atoms with Crippen LogP contribution in [0.1, 0.15) is 38.5 Å². The van der Waals surface area contributed by atoms with Crippen LogP contribution in [-0.4, -0.2) is 59.9 Å². The third-order valence-corrected chi connectivity index (χ3v) is 6.11. The summed E-state index contributed by atoms with van der Waals surface area (Å²) in [6.07, 6.45) is 5.65. The van der Waals surface area contributed by atoms with Crippen LogP contribution in [0.3, 0.4) is 0 Å². The third-order valence-electron chi connectivity index (χ3n) is 6.11. The van der Waals surface area contributed by atoms with Gasteiger partial charge in [0.1, 0.15) is 0 Å². The van der Waals surface area contributed by atoms with E-state index in [1.807, 2.05) is 4.90 Å². The van der Waals surface area contributed by atoms with Crippen molar-refractivity contribution in [1.82, 2.24) is 4.90 Å². The number of ether oxygens (including phenoxy) is 2. The molecule has 0 aromatic rings. The van der Waals surface area contributed by atoms with Gasteiger partial charge in [-0.05, 0) is 38.5 Å². The molecule has 0 aromatic heterocycles. The number of carbonyl (C=O) groups is 2. The van der Waals surface area contributed by atoms with Crippen LogP contribution in [0.15, 0.2) is 0 Å². The maximum absolute atomic E-state index is 13.1. The molecule has 4 saturated heterocycles. The molecule has 4 rings (SSSR count). The van der Waals surface area contributed by atoms with Crippen LogP contribution >= 0.6 is 0 Å². The smallest absolute Gasteiger partial charge is 0.308 e. The molecule has 6 atom stereocenters. The zero-order chi connectivity index (χ0) is 16.0. The highest BCUT2D eigenvalue weighted by Gasteiger charge is 2.46. The molecule has 1 unspecified atom stereocenters. The van der Waals surface area contributed by atoms with E-state index in [1.54, 1.807) is 0 Å². The molecule has 0 aliphatic carbocycles. The summed E-state index contributed by atoms with van der Waals surface area (Å²) >= 11 is 0. The first-order valence-corrected chi connectivity index (χ1v) is 8.88. The van der Waals surface area contributed by atoms with E-state index in [-0.39, 0.29) is 36.0 Å². The van der Waals surface area contributed by atoms with Gasteiger partial charge < -0.3 is 19.5 Å². The molecule has 1 amide bonds. The lowest BCUT2D eigenvalue weighted by molar-refractivity contribution is -0.159. The van der Waals surface area contributed by atoms with Gasteiger partial charge in [-0.2, -0.15) is 0 Å². The number of nitrogens with zero attached hydrogens (tertiary/aromatic N) is 1. The summed E-state index contributed by atoms with van der Waals surface area (Å²) in [4.78, 5) is 26.5. The molecule has 4 fully saturated rings. The van der Waals surface area contributed by atoms with E-state index >= 15 is 0 Å². The number of fused-ring (bicyclic) bond motifs is 3. The molecule has 128 valence electrons. The number of amides is 1. The van der Waals surface area contributed by atoms with Gasteiger partial charge in [0.2, 0.25) is 5.91 Å². The summed E-state index contributed by atoms with van der Waals surface area (Å²) in [6, 6.07) is 0.160. The fourth-order valence-electron chi connectivity index (χ4n) is 4.96. The SMILES string of the molecule is O=C(O)[C@@H]1C[C@@H]2COCC[C@H]2N(C(=O)C2C[C@H]3CC[C@@H](C2)O3)C1. The fourth-order valence-corrected chi connectivity index (χ4v) is 4.96. The normalized spacial score (nSPS) is 43.0. The quantitative estimate of drug-likeness (QED) is 0.828. The highest BCUT2D eigenvalue weighted by Crippen LogP contribution is 2.39. The predicted octanol–water partition coefficient (Wildman–Crippen LogP) is 1.28. The molecular formula is C17H25NO5. The molecule has 4 aliphatic rings. The van der Waals surface area contributed by atoms with Crippen molar-refractivity contribution in [3.8, 4) is 0 Å². The van der Waals surface area contributed by atoms with Crippen molar-refractivity contribution in [3.63, 3.8) is 0 Å². The Morgan fingerprint density at radius 2 is 1.74 bits per heavy atom. The number of piperidine rings is 1. The standard InChI is InChI=1S/C17H25NO5/c19-16(10-6-13-1-2-14(7-10)23-13)18-8-11(17(20)21)5-12-9-22-4-3-15(12)18/h10-15H,1-9H2,(H,20,21)/t10?,11-,12-,13-,14+,15-/m1/s1. The Balaban J connectivity index is 1.52. The van der Waals surface area contributed by atoms with Crippen molar-refractivity contribution >= 4 is 11.9 Å². The van der Waals surface area contributed by atoms with E-state index < -0.39 is 11.9 Å². The van der Waals surface area contributed by atoms with E-state index in [2.05, 4.69) is 0 Å². The maximum atomic E-state index is 13.1. The van der Waals surface area contributed by atoms with E-state index in [0.717, 1.165) is 32.1 Å². The van der Waals surface area contributed by atoms with Gasteiger partial charge in [0.25, 0.3) is 0 Å². The van der Waals surface area contributed by atoms with Crippen LogP contribution in [0.4, 0.5) is 0 Å². The third kappa shape index (κ3) is 2.87. The highest BCUT2D eigenvalue weighted by atomic mass is 16.5. The van der Waals surface area contributed by atoms with Gasteiger partial charge in [0.15, 0.2) is 0 Å². The van der Waals surface area contributed by atoms with Crippen LogP contribution in [0.2, 0.25) is 0 Å². The fraction of sp³-hybridized carbons (Fsp3) is 0.882. The molecule has 1 N–H and O–H groups in total. The Kier molecular flexibility index (Phi) is 4.05. The average molecular weight is 323 g/mol. The highest BCUT2D eigenvalue weighted by molar-refractivity contribution is 5.81. The van der Waals surface area contributed by atoms with Crippen molar-refractivity contribution in [1.29, 1.82) is 0 Å². The molecule has 2 bridgehead atoms. The minimum atomic E-state index is -0.793. The van der Waals surface area contributed by atoms with Crippen molar-refractivity contribution in [2.24, 2.45) is 17.8 Å². The van der Waals surface area contributed by atoms with Crippen LogP contribution in [0.25, 0.3) is 0 Å². The Bertz CT molecular complexity index is 483. The van der Waals surface area contributed by atoms with E-state index in [0.29, 0.717) is 26.2 Å². The van der Waals surface area contributed by atoms with Gasteiger partial charge >= 0.3 is 5.97 Å². The average Bonchev–Trinajstić information content (AvgIpc) is 2.91. The Hall–Kier alpha value is -1.14. The van der Waals surface area contributed by atoms with Crippen molar-refractivity contribution in [3.05, 3.63) is 0 Å². The van der Waals surface area contributed by atoms with Crippen LogP contribution in [0, 0.1) is 17.8 Å². The summed E-state index contributed by atoms with van der Waals surface area (Å²) in [7, 11) is 0. The Morgan fingerprint density at radius 3 is 2.43 bits per heavy atom. The molecule has 0 spiro atoms. The zero-order valence-corrected chi connectivity index (χ0v) is 13.4. The monoisotopic (exact) mass is 323 g/mol. The summed E-state index contributed by atoms with van der Waals surface area (Å²) in [5, 5.41) is 9.43. The number of hydrogen-bond donors (Lipinski definition) is 1. The first-order chi connectivity index (χ1) is 11.1. The summed E-state index contributed by atoms with van der Waals surface area (Å²) in [5.41, 5.74) is 0. The van der Waals surface area contributed by atoms with Gasteiger partial charge in [-0.15, -0.1) is 0 Å². The van der Waals surface area contributed by atoms with Crippen molar-refractivity contribution in [2.75, 3.05) is 19.8 Å². The molecule has 0 saturated carbocycles. The summed E-state index contributed by atoms with van der Waals surface area (Å²) < 4.78 is 11.4. The first-order valence-electron chi connectivity index (χ1n) is 8.88. The minimum Gasteiger partial charge on any atom is -0.481 e. The second kappa shape index (κ2) is 6.06. The molecule has 6 heteroatoms. The van der Waals surface area contributed by atoms with Crippen LogP contribution < -0.4 is 0 Å². The molecule has 4 heterocycles. The first kappa shape index (κ1) is 15.4. The number of aliphatic carboxylic acids is 1.